The Morgan fingerprint density at radius 1 is 0.714 bits per heavy atom. The molecule has 0 atom stereocenters. The Labute approximate surface area is 163 Å². The lowest BCUT2D eigenvalue weighted by Gasteiger charge is -2.08. The van der Waals surface area contributed by atoms with Crippen LogP contribution >= 0.6 is 0 Å². The molecule has 0 saturated heterocycles. The van der Waals surface area contributed by atoms with Crippen LogP contribution in [0.3, 0.4) is 0 Å². The summed E-state index contributed by atoms with van der Waals surface area (Å²) in [6, 6.07) is 24.0. The number of nitrogens with one attached hydrogen (secondary N) is 2. The fourth-order valence-corrected chi connectivity index (χ4v) is 2.56. The molecule has 0 fully saturated rings. The average molecular weight is 376 g/mol. The monoisotopic (exact) mass is 376 g/mol. The molecular weight excluding hydrogens is 356 g/mol. The second kappa shape index (κ2) is 9.23. The molecule has 3 aromatic carbocycles. The third-order valence-electron chi connectivity index (χ3n) is 3.95. The summed E-state index contributed by atoms with van der Waals surface area (Å²) in [5.41, 5.74) is 3.52. The van der Waals surface area contributed by atoms with Gasteiger partial charge in [-0.05, 0) is 53.9 Å². The molecule has 6 heteroatoms. The first-order chi connectivity index (χ1) is 13.6. The topological polar surface area (TPSA) is 76.7 Å². The number of para-hydroxylation sites is 1. The van der Waals surface area contributed by atoms with Gasteiger partial charge in [-0.2, -0.15) is 0 Å². The van der Waals surface area contributed by atoms with Gasteiger partial charge in [0.2, 0.25) is 0 Å². The Morgan fingerprint density at radius 3 is 1.71 bits per heavy atom. The molecule has 0 spiro atoms. The van der Waals surface area contributed by atoms with Gasteiger partial charge in [0, 0.05) is 11.4 Å². The van der Waals surface area contributed by atoms with Crippen LogP contribution in [0.2, 0.25) is 0 Å². The Morgan fingerprint density at radius 2 is 1.21 bits per heavy atom. The number of methoxy groups -OCH3 is 1. The second-order valence-electron chi connectivity index (χ2n) is 6.01. The minimum atomic E-state index is -0.535. The molecule has 0 saturated carbocycles. The predicted octanol–water partition coefficient (Wildman–Crippen LogP) is 5.07. The number of carbonyl (C=O) groups excluding carboxylic acids is 2. The van der Waals surface area contributed by atoms with Crippen molar-refractivity contribution >= 4 is 23.6 Å². The molecule has 0 aliphatic carbocycles. The molecule has 0 aromatic heterocycles. The van der Waals surface area contributed by atoms with E-state index in [-0.39, 0.29) is 0 Å². The minimum absolute atomic E-state index is 0.488. The standard InChI is InChI=1S/C22H20N2O4/c1-27-21(25)23-18-11-7-16(8-12-18)15-17-9-13-19(14-10-17)24-22(26)28-20-5-3-2-4-6-20/h2-14H,15H2,1H3,(H,23,25)(H,24,26). The molecule has 28 heavy (non-hydrogen) atoms. The molecule has 0 radical (unpaired) electrons. The first kappa shape index (κ1) is 19.0. The molecule has 0 aliphatic heterocycles. The molecule has 3 rings (SSSR count). The molecule has 6 nitrogen and oxygen atoms in total. The molecule has 2 amide bonds. The molecule has 0 heterocycles. The Hall–Kier alpha value is -3.80. The van der Waals surface area contributed by atoms with Gasteiger partial charge in [-0.15, -0.1) is 0 Å². The van der Waals surface area contributed by atoms with Crippen molar-refractivity contribution in [1.82, 2.24) is 0 Å². The van der Waals surface area contributed by atoms with E-state index in [9.17, 15) is 9.59 Å². The summed E-state index contributed by atoms with van der Waals surface area (Å²) in [4.78, 5) is 23.1. The molecule has 0 bridgehead atoms. The highest BCUT2D eigenvalue weighted by atomic mass is 16.6. The maximum absolute atomic E-state index is 11.9. The maximum atomic E-state index is 11.9. The number of rotatable bonds is 5. The van der Waals surface area contributed by atoms with Crippen LogP contribution < -0.4 is 15.4 Å². The van der Waals surface area contributed by atoms with E-state index in [0.29, 0.717) is 17.1 Å². The Bertz CT molecular complexity index is 923. The summed E-state index contributed by atoms with van der Waals surface area (Å²) in [5.74, 6) is 0.488. The average Bonchev–Trinajstić information content (AvgIpc) is 2.71. The van der Waals surface area contributed by atoms with E-state index in [2.05, 4.69) is 15.4 Å². The van der Waals surface area contributed by atoms with Crippen molar-refractivity contribution in [2.24, 2.45) is 0 Å². The number of amides is 2. The van der Waals surface area contributed by atoms with Gasteiger partial charge >= 0.3 is 12.2 Å². The largest absolute Gasteiger partial charge is 0.453 e. The molecule has 2 N–H and O–H groups in total. The van der Waals surface area contributed by atoms with Crippen molar-refractivity contribution < 1.29 is 19.1 Å². The van der Waals surface area contributed by atoms with Gasteiger partial charge in [-0.3, -0.25) is 10.6 Å². The van der Waals surface area contributed by atoms with Crippen LogP contribution in [0.1, 0.15) is 11.1 Å². The van der Waals surface area contributed by atoms with E-state index >= 15 is 0 Å². The zero-order chi connectivity index (χ0) is 19.8. The van der Waals surface area contributed by atoms with Crippen molar-refractivity contribution in [3.8, 4) is 5.75 Å². The van der Waals surface area contributed by atoms with Gasteiger partial charge in [0.15, 0.2) is 0 Å². The first-order valence-corrected chi connectivity index (χ1v) is 8.69. The normalized spacial score (nSPS) is 10.0. The number of hydrogen-bond donors (Lipinski definition) is 2. The van der Waals surface area contributed by atoms with E-state index in [1.165, 1.54) is 7.11 Å². The van der Waals surface area contributed by atoms with E-state index in [1.807, 2.05) is 54.6 Å². The van der Waals surface area contributed by atoms with Crippen molar-refractivity contribution in [3.05, 3.63) is 90.0 Å². The van der Waals surface area contributed by atoms with Crippen LogP contribution in [-0.4, -0.2) is 19.3 Å². The summed E-state index contributed by atoms with van der Waals surface area (Å²) in [6.45, 7) is 0. The smallest absolute Gasteiger partial charge is 0.417 e. The molecule has 142 valence electrons. The zero-order valence-electron chi connectivity index (χ0n) is 15.3. The highest BCUT2D eigenvalue weighted by Gasteiger charge is 2.05. The maximum Gasteiger partial charge on any atom is 0.417 e. The van der Waals surface area contributed by atoms with E-state index in [4.69, 9.17) is 4.74 Å². The minimum Gasteiger partial charge on any atom is -0.453 e. The summed E-state index contributed by atoms with van der Waals surface area (Å²) in [6.07, 6.45) is -0.304. The number of ether oxygens (including phenoxy) is 2. The van der Waals surface area contributed by atoms with E-state index in [0.717, 1.165) is 17.5 Å². The number of benzene rings is 3. The van der Waals surface area contributed by atoms with Crippen LogP contribution in [0.15, 0.2) is 78.9 Å². The van der Waals surface area contributed by atoms with Crippen LogP contribution in [0.4, 0.5) is 21.0 Å². The third kappa shape index (κ3) is 5.60. The number of anilines is 2. The van der Waals surface area contributed by atoms with Crippen molar-refractivity contribution in [3.63, 3.8) is 0 Å². The lowest BCUT2D eigenvalue weighted by atomic mass is 10.0. The number of carbonyl (C=O) groups is 2. The summed E-state index contributed by atoms with van der Waals surface area (Å²) in [7, 11) is 1.32. The summed E-state index contributed by atoms with van der Waals surface area (Å²) in [5, 5.41) is 5.31. The van der Waals surface area contributed by atoms with Gasteiger partial charge < -0.3 is 9.47 Å². The van der Waals surface area contributed by atoms with Crippen LogP contribution in [0, 0.1) is 0 Å². The van der Waals surface area contributed by atoms with Gasteiger partial charge in [0.05, 0.1) is 7.11 Å². The van der Waals surface area contributed by atoms with E-state index in [1.54, 1.807) is 24.3 Å². The second-order valence-corrected chi connectivity index (χ2v) is 6.01. The highest BCUT2D eigenvalue weighted by molar-refractivity contribution is 5.86. The summed E-state index contributed by atoms with van der Waals surface area (Å²) < 4.78 is 9.77. The summed E-state index contributed by atoms with van der Waals surface area (Å²) >= 11 is 0. The van der Waals surface area contributed by atoms with Crippen LogP contribution in [0.25, 0.3) is 0 Å². The van der Waals surface area contributed by atoms with Gasteiger partial charge in [-0.1, -0.05) is 42.5 Å². The molecule has 0 unspecified atom stereocenters. The lowest BCUT2D eigenvalue weighted by molar-refractivity contribution is 0.187. The Kier molecular flexibility index (Phi) is 6.25. The van der Waals surface area contributed by atoms with Crippen molar-refractivity contribution in [2.75, 3.05) is 17.7 Å². The lowest BCUT2D eigenvalue weighted by Crippen LogP contribution is -2.16. The molecular formula is C22H20N2O4. The third-order valence-corrected chi connectivity index (χ3v) is 3.95. The van der Waals surface area contributed by atoms with Crippen molar-refractivity contribution in [2.45, 2.75) is 6.42 Å². The SMILES string of the molecule is COC(=O)Nc1ccc(Cc2ccc(NC(=O)Oc3ccccc3)cc2)cc1. The quantitative estimate of drug-likeness (QED) is 0.652. The predicted molar refractivity (Wildman–Crippen MR) is 108 cm³/mol. The zero-order valence-corrected chi connectivity index (χ0v) is 15.3. The van der Waals surface area contributed by atoms with Crippen LogP contribution in [0.5, 0.6) is 5.75 Å². The molecule has 0 aliphatic rings. The van der Waals surface area contributed by atoms with Crippen molar-refractivity contribution in [1.29, 1.82) is 0 Å². The number of hydrogen-bond acceptors (Lipinski definition) is 4. The highest BCUT2D eigenvalue weighted by Crippen LogP contribution is 2.17. The fraction of sp³-hybridized carbons (Fsp3) is 0.0909. The Balaban J connectivity index is 1.54. The fourth-order valence-electron chi connectivity index (χ4n) is 2.56. The van der Waals surface area contributed by atoms with Gasteiger partial charge in [-0.25, -0.2) is 9.59 Å². The van der Waals surface area contributed by atoms with Gasteiger partial charge in [0.1, 0.15) is 5.75 Å². The van der Waals surface area contributed by atoms with E-state index < -0.39 is 12.2 Å². The molecule has 3 aromatic rings. The van der Waals surface area contributed by atoms with Crippen LogP contribution in [-0.2, 0) is 11.2 Å². The van der Waals surface area contributed by atoms with Gasteiger partial charge in [0.25, 0.3) is 0 Å². The first-order valence-electron chi connectivity index (χ1n) is 8.69.